The fraction of sp³-hybridized carbons (Fsp3) is 0.609. The molecule has 0 bridgehead atoms. The predicted octanol–water partition coefficient (Wildman–Crippen LogP) is 4.57. The molecular weight excluding hydrogens is 382 g/mol. The molecule has 164 valence electrons. The second-order valence-electron chi connectivity index (χ2n) is 8.02. The van der Waals surface area contributed by atoms with Gasteiger partial charge in [-0.15, -0.1) is 0 Å². The third-order valence-corrected chi connectivity index (χ3v) is 6.17. The summed E-state index contributed by atoms with van der Waals surface area (Å²) in [6, 6.07) is 0. The smallest absolute Gasteiger partial charge is 0.409 e. The summed E-state index contributed by atoms with van der Waals surface area (Å²) in [5.74, 6) is 0.356. The molecule has 0 N–H and O–H groups in total. The number of ether oxygens (including phenoxy) is 2. The lowest BCUT2D eigenvalue weighted by Gasteiger charge is -2.34. The maximum atomic E-state index is 12.6. The van der Waals surface area contributed by atoms with Crippen LogP contribution in [0.2, 0.25) is 0 Å². The van der Waals surface area contributed by atoms with Gasteiger partial charge in [0.15, 0.2) is 0 Å². The first-order valence-corrected chi connectivity index (χ1v) is 11.0. The van der Waals surface area contributed by atoms with Crippen molar-refractivity contribution in [1.82, 2.24) is 14.3 Å². The van der Waals surface area contributed by atoms with Gasteiger partial charge in [-0.3, -0.25) is 4.98 Å². The van der Waals surface area contributed by atoms with Crippen molar-refractivity contribution in [2.24, 2.45) is 5.92 Å². The number of esters is 1. The largest absolute Gasteiger partial charge is 0.462 e. The number of unbranched alkanes of at least 4 members (excludes halogenated alkanes) is 1. The molecule has 7 nitrogen and oxygen atoms in total. The van der Waals surface area contributed by atoms with Crippen LogP contribution in [0.3, 0.4) is 0 Å². The molecule has 1 aliphatic rings. The Labute approximate surface area is 178 Å². The molecule has 0 aromatic carbocycles. The second kappa shape index (κ2) is 9.96. The number of aromatic nitrogens is 2. The van der Waals surface area contributed by atoms with Gasteiger partial charge in [0.2, 0.25) is 0 Å². The van der Waals surface area contributed by atoms with Gasteiger partial charge in [-0.25, -0.2) is 9.59 Å². The molecule has 1 fully saturated rings. The molecule has 30 heavy (non-hydrogen) atoms. The lowest BCUT2D eigenvalue weighted by molar-refractivity contribution is 0.0527. The van der Waals surface area contributed by atoms with E-state index in [1.807, 2.05) is 24.9 Å². The molecule has 1 aliphatic heterocycles. The highest BCUT2D eigenvalue weighted by molar-refractivity contribution is 5.99. The standard InChI is InChI=1S/C23H33N3O4/c1-5-7-14-30-23(28)25-11-8-18(9-12-25)16(3)21-17(4)20(22(27)29-6-2)19-15-24-10-13-26(19)21/h10,13,15-16,18H,5-9,11-12,14H2,1-4H3. The average Bonchev–Trinajstić information content (AvgIpc) is 3.05. The van der Waals surface area contributed by atoms with Crippen LogP contribution in [-0.2, 0) is 9.47 Å². The zero-order chi connectivity index (χ0) is 21.7. The van der Waals surface area contributed by atoms with E-state index in [1.54, 1.807) is 12.4 Å². The van der Waals surface area contributed by atoms with E-state index < -0.39 is 0 Å². The maximum absolute atomic E-state index is 12.6. The normalized spacial score (nSPS) is 15.9. The fourth-order valence-corrected chi connectivity index (χ4v) is 4.48. The quantitative estimate of drug-likeness (QED) is 0.489. The Bertz CT molecular complexity index is 884. The molecule has 7 heteroatoms. The van der Waals surface area contributed by atoms with E-state index >= 15 is 0 Å². The first-order valence-electron chi connectivity index (χ1n) is 11.0. The summed E-state index contributed by atoms with van der Waals surface area (Å²) in [6.07, 6.45) is 8.92. The van der Waals surface area contributed by atoms with Crippen LogP contribution in [0.15, 0.2) is 18.6 Å². The van der Waals surface area contributed by atoms with Crippen molar-refractivity contribution >= 4 is 17.6 Å². The number of amides is 1. The van der Waals surface area contributed by atoms with Gasteiger partial charge < -0.3 is 18.8 Å². The third kappa shape index (κ3) is 4.45. The molecule has 1 amide bonds. The number of likely N-dealkylation sites (tertiary alicyclic amines) is 1. The summed E-state index contributed by atoms with van der Waals surface area (Å²) in [6.45, 7) is 10.3. The number of hydrogen-bond acceptors (Lipinski definition) is 5. The number of nitrogens with zero attached hydrogens (tertiary/aromatic N) is 3. The molecule has 3 heterocycles. The Morgan fingerprint density at radius 1 is 1.23 bits per heavy atom. The number of piperidine rings is 1. The van der Waals surface area contributed by atoms with Gasteiger partial charge in [-0.05, 0) is 50.5 Å². The molecule has 3 rings (SSSR count). The van der Waals surface area contributed by atoms with E-state index in [4.69, 9.17) is 9.47 Å². The van der Waals surface area contributed by atoms with E-state index in [2.05, 4.69) is 23.2 Å². The van der Waals surface area contributed by atoms with Gasteiger partial charge >= 0.3 is 12.1 Å². The minimum atomic E-state index is -0.302. The maximum Gasteiger partial charge on any atom is 0.409 e. The van der Waals surface area contributed by atoms with Crippen LogP contribution in [0.25, 0.3) is 5.52 Å². The topological polar surface area (TPSA) is 73.1 Å². The minimum Gasteiger partial charge on any atom is -0.462 e. The molecule has 0 radical (unpaired) electrons. The Kier molecular flexibility index (Phi) is 7.34. The van der Waals surface area contributed by atoms with Gasteiger partial charge in [0.1, 0.15) is 0 Å². The fourth-order valence-electron chi connectivity index (χ4n) is 4.48. The van der Waals surface area contributed by atoms with Gasteiger partial charge in [0.05, 0.1) is 30.5 Å². The van der Waals surface area contributed by atoms with Crippen molar-refractivity contribution in [2.45, 2.75) is 59.3 Å². The number of rotatable bonds is 7. The second-order valence-corrected chi connectivity index (χ2v) is 8.02. The van der Waals surface area contributed by atoms with E-state index in [0.29, 0.717) is 37.8 Å². The third-order valence-electron chi connectivity index (χ3n) is 6.17. The molecule has 1 unspecified atom stereocenters. The summed E-state index contributed by atoms with van der Waals surface area (Å²) in [5, 5.41) is 0. The molecule has 0 aliphatic carbocycles. The molecule has 1 saturated heterocycles. The van der Waals surface area contributed by atoms with Crippen molar-refractivity contribution in [1.29, 1.82) is 0 Å². The summed E-state index contributed by atoms with van der Waals surface area (Å²) >= 11 is 0. The summed E-state index contributed by atoms with van der Waals surface area (Å²) < 4.78 is 12.7. The van der Waals surface area contributed by atoms with Crippen LogP contribution in [0.5, 0.6) is 0 Å². The van der Waals surface area contributed by atoms with Gasteiger partial charge in [0.25, 0.3) is 0 Å². The zero-order valence-electron chi connectivity index (χ0n) is 18.5. The van der Waals surface area contributed by atoms with Crippen molar-refractivity contribution in [3.8, 4) is 0 Å². The Balaban J connectivity index is 1.76. The van der Waals surface area contributed by atoms with Gasteiger partial charge in [0, 0.05) is 31.2 Å². The highest BCUT2D eigenvalue weighted by atomic mass is 16.6. The number of hydrogen-bond donors (Lipinski definition) is 0. The molecular formula is C23H33N3O4. The van der Waals surface area contributed by atoms with Crippen LogP contribution in [0, 0.1) is 12.8 Å². The summed E-state index contributed by atoms with van der Waals surface area (Å²) in [4.78, 5) is 30.9. The summed E-state index contributed by atoms with van der Waals surface area (Å²) in [5.41, 5.74) is 3.46. The lowest BCUT2D eigenvalue weighted by Crippen LogP contribution is -2.40. The van der Waals surface area contributed by atoms with Crippen molar-refractivity contribution in [3.63, 3.8) is 0 Å². The SMILES string of the molecule is CCCCOC(=O)N1CCC(C(C)c2c(C)c(C(=O)OCC)c3cnccn23)CC1. The summed E-state index contributed by atoms with van der Waals surface area (Å²) in [7, 11) is 0. The Hall–Kier alpha value is -2.57. The van der Waals surface area contributed by atoms with Crippen LogP contribution in [0.1, 0.15) is 74.0 Å². The average molecular weight is 416 g/mol. The molecule has 0 spiro atoms. The van der Waals surface area contributed by atoms with Crippen molar-refractivity contribution in [2.75, 3.05) is 26.3 Å². The Morgan fingerprint density at radius 2 is 1.97 bits per heavy atom. The van der Waals surface area contributed by atoms with Crippen LogP contribution in [-0.4, -0.2) is 52.7 Å². The van der Waals surface area contributed by atoms with Crippen LogP contribution >= 0.6 is 0 Å². The molecule has 1 atom stereocenters. The van der Waals surface area contributed by atoms with Crippen molar-refractivity contribution in [3.05, 3.63) is 35.4 Å². The van der Waals surface area contributed by atoms with E-state index in [0.717, 1.165) is 42.5 Å². The lowest BCUT2D eigenvalue weighted by atomic mass is 9.82. The first kappa shape index (κ1) is 22.1. The highest BCUT2D eigenvalue weighted by Gasteiger charge is 2.32. The first-order chi connectivity index (χ1) is 14.5. The number of carbonyl (C=O) groups excluding carboxylic acids is 2. The van der Waals surface area contributed by atoms with Crippen molar-refractivity contribution < 1.29 is 19.1 Å². The van der Waals surface area contributed by atoms with E-state index in [-0.39, 0.29) is 18.0 Å². The number of carbonyl (C=O) groups is 2. The van der Waals surface area contributed by atoms with Crippen LogP contribution in [0.4, 0.5) is 4.79 Å². The van der Waals surface area contributed by atoms with Crippen LogP contribution < -0.4 is 0 Å². The van der Waals surface area contributed by atoms with E-state index in [1.165, 1.54) is 0 Å². The van der Waals surface area contributed by atoms with E-state index in [9.17, 15) is 9.59 Å². The molecule has 2 aromatic rings. The minimum absolute atomic E-state index is 0.199. The highest BCUT2D eigenvalue weighted by Crippen LogP contribution is 2.37. The van der Waals surface area contributed by atoms with Gasteiger partial charge in [-0.2, -0.15) is 0 Å². The number of fused-ring (bicyclic) bond motifs is 1. The predicted molar refractivity (Wildman–Crippen MR) is 115 cm³/mol. The molecule has 2 aromatic heterocycles. The monoisotopic (exact) mass is 415 g/mol. The zero-order valence-corrected chi connectivity index (χ0v) is 18.5. The van der Waals surface area contributed by atoms with Gasteiger partial charge in [-0.1, -0.05) is 20.3 Å². The molecule has 0 saturated carbocycles. The Morgan fingerprint density at radius 3 is 2.63 bits per heavy atom.